The predicted octanol–water partition coefficient (Wildman–Crippen LogP) is 6.63. The molecule has 4 aromatic rings. The van der Waals surface area contributed by atoms with Gasteiger partial charge in [0.05, 0.1) is 29.0 Å². The van der Waals surface area contributed by atoms with Gasteiger partial charge in [0.15, 0.2) is 0 Å². The zero-order valence-corrected chi connectivity index (χ0v) is 26.6. The number of nitrogens with zero attached hydrogens (tertiary/aromatic N) is 6. The molecule has 0 spiro atoms. The van der Waals surface area contributed by atoms with Crippen LogP contribution in [0.1, 0.15) is 49.1 Å². The summed E-state index contributed by atoms with van der Waals surface area (Å²) in [5.41, 5.74) is 6.76. The van der Waals surface area contributed by atoms with E-state index in [0.29, 0.717) is 35.2 Å². The van der Waals surface area contributed by atoms with E-state index in [4.69, 9.17) is 9.72 Å². The monoisotopic (exact) mass is 598 g/mol. The molecule has 2 heterocycles. The third-order valence-corrected chi connectivity index (χ3v) is 7.66. The van der Waals surface area contributed by atoms with Crippen molar-refractivity contribution < 1.29 is 9.66 Å². The van der Waals surface area contributed by atoms with Gasteiger partial charge < -0.3 is 24.8 Å². The number of nitrogens with one attached hydrogen (secondary N) is 2. The summed E-state index contributed by atoms with van der Waals surface area (Å²) in [6.07, 6.45) is 10.5. The van der Waals surface area contributed by atoms with Gasteiger partial charge in [0.2, 0.25) is 5.95 Å². The number of ether oxygens (including phenoxy) is 1. The van der Waals surface area contributed by atoms with E-state index in [-0.39, 0.29) is 16.6 Å². The van der Waals surface area contributed by atoms with Crippen molar-refractivity contribution in [1.29, 1.82) is 0 Å². The van der Waals surface area contributed by atoms with Gasteiger partial charge in [0.1, 0.15) is 17.3 Å². The van der Waals surface area contributed by atoms with Gasteiger partial charge in [-0.3, -0.25) is 10.1 Å². The summed E-state index contributed by atoms with van der Waals surface area (Å²) in [6, 6.07) is 9.53. The highest BCUT2D eigenvalue weighted by Gasteiger charge is 2.24. The van der Waals surface area contributed by atoms with Crippen LogP contribution in [0.2, 0.25) is 0 Å². The van der Waals surface area contributed by atoms with Crippen LogP contribution in [-0.2, 0) is 6.42 Å². The lowest BCUT2D eigenvalue weighted by molar-refractivity contribution is -0.384. The highest BCUT2D eigenvalue weighted by molar-refractivity contribution is 5.87. The van der Waals surface area contributed by atoms with Crippen LogP contribution >= 0.6 is 0 Å². The summed E-state index contributed by atoms with van der Waals surface area (Å²) < 4.78 is 5.68. The lowest BCUT2D eigenvalue weighted by atomic mass is 9.91. The summed E-state index contributed by atoms with van der Waals surface area (Å²) in [4.78, 5) is 32.9. The number of imidazole rings is 1. The number of likely N-dealkylation sites (N-methyl/N-ethyl adjacent to an activating group) is 2. The minimum atomic E-state index is -0.384. The first-order valence-electron chi connectivity index (χ1n) is 14.8. The van der Waals surface area contributed by atoms with Gasteiger partial charge in [-0.2, -0.15) is 0 Å². The normalized spacial score (nSPS) is 11.6. The number of aromatic amines is 1. The Labute approximate surface area is 259 Å². The fraction of sp³-hybridized carbons (Fsp3) is 0.364. The molecule has 0 aliphatic rings. The summed E-state index contributed by atoms with van der Waals surface area (Å²) >= 11 is 0. The molecule has 11 nitrogen and oxygen atoms in total. The molecule has 0 saturated carbocycles. The van der Waals surface area contributed by atoms with Crippen LogP contribution < -0.4 is 15.0 Å². The Bertz CT molecular complexity index is 1620. The molecule has 2 aromatic heterocycles. The van der Waals surface area contributed by atoms with Crippen molar-refractivity contribution in [1.82, 2.24) is 24.8 Å². The molecule has 0 atom stereocenters. The first kappa shape index (κ1) is 32.2. The van der Waals surface area contributed by atoms with Crippen molar-refractivity contribution in [3.8, 4) is 17.1 Å². The number of H-pyrrole nitrogens is 1. The molecule has 0 unspecified atom stereocenters. The largest absolute Gasteiger partial charge is 0.494 e. The van der Waals surface area contributed by atoms with Crippen molar-refractivity contribution in [2.45, 2.75) is 40.0 Å². The van der Waals surface area contributed by atoms with Crippen molar-refractivity contribution in [2.24, 2.45) is 0 Å². The van der Waals surface area contributed by atoms with Gasteiger partial charge in [-0.1, -0.05) is 37.6 Å². The predicted molar refractivity (Wildman–Crippen MR) is 177 cm³/mol. The summed E-state index contributed by atoms with van der Waals surface area (Å²) in [6.45, 7) is 7.69. The Hall–Kier alpha value is -4.77. The van der Waals surface area contributed by atoms with E-state index in [9.17, 15) is 10.1 Å². The molecule has 4 rings (SSSR count). The van der Waals surface area contributed by atoms with E-state index in [0.717, 1.165) is 42.5 Å². The minimum absolute atomic E-state index is 0.0457. The Balaban J connectivity index is 1.80. The molecule has 0 aliphatic carbocycles. The lowest BCUT2D eigenvalue weighted by Gasteiger charge is -2.23. The van der Waals surface area contributed by atoms with Gasteiger partial charge in [-0.05, 0) is 57.5 Å². The highest BCUT2D eigenvalue weighted by atomic mass is 16.6. The molecule has 0 fully saturated rings. The standard InChI is InChI=1S/C33H42N8O3/c1-8-10-12-23-13-11-14-25(22(23)3)24(9-2)31-26(32-34-15-16-35-32)21-36-33(38-31)37-27-19-29(41(42)43)28(20-30(27)44-7)40(6)18-17-39(4)5/h9,11,13-16,19-21H,8,10,12,17-18H2,1-7H3,(H,34,35)(H,36,37,38)/b24-9+. The minimum Gasteiger partial charge on any atom is -0.494 e. The average molecular weight is 599 g/mol. The molecule has 0 aliphatic heterocycles. The van der Waals surface area contributed by atoms with Gasteiger partial charge in [-0.25, -0.2) is 15.0 Å². The number of rotatable bonds is 14. The Kier molecular flexibility index (Phi) is 10.7. The third-order valence-electron chi connectivity index (χ3n) is 7.66. The first-order valence-corrected chi connectivity index (χ1v) is 14.8. The fourth-order valence-electron chi connectivity index (χ4n) is 5.13. The molecule has 2 N–H and O–H groups in total. The number of aryl methyl sites for hydroxylation is 1. The topological polar surface area (TPSA) is 125 Å². The first-order chi connectivity index (χ1) is 21.2. The van der Waals surface area contributed by atoms with Crippen molar-refractivity contribution in [3.05, 3.63) is 87.5 Å². The maximum atomic E-state index is 12.2. The number of methoxy groups -OCH3 is 1. The van der Waals surface area contributed by atoms with Crippen LogP contribution in [0, 0.1) is 17.0 Å². The van der Waals surface area contributed by atoms with E-state index < -0.39 is 0 Å². The highest BCUT2D eigenvalue weighted by Crippen LogP contribution is 2.39. The summed E-state index contributed by atoms with van der Waals surface area (Å²) in [5, 5.41) is 15.4. The van der Waals surface area contributed by atoms with E-state index in [1.807, 2.05) is 43.9 Å². The quantitative estimate of drug-likeness (QED) is 0.122. The number of hydrogen-bond donors (Lipinski definition) is 2. The van der Waals surface area contributed by atoms with Crippen LogP contribution in [0.4, 0.5) is 23.0 Å². The van der Waals surface area contributed by atoms with Gasteiger partial charge in [0.25, 0.3) is 5.69 Å². The van der Waals surface area contributed by atoms with E-state index in [1.165, 1.54) is 24.3 Å². The zero-order valence-electron chi connectivity index (χ0n) is 26.6. The molecule has 0 radical (unpaired) electrons. The van der Waals surface area contributed by atoms with Crippen molar-refractivity contribution >= 4 is 28.6 Å². The number of unbranched alkanes of at least 4 members (excludes halogenated alkanes) is 1. The van der Waals surface area contributed by atoms with Gasteiger partial charge >= 0.3 is 0 Å². The fourth-order valence-corrected chi connectivity index (χ4v) is 5.13. The second-order valence-corrected chi connectivity index (χ2v) is 10.9. The molecule has 232 valence electrons. The van der Waals surface area contributed by atoms with Crippen molar-refractivity contribution in [2.75, 3.05) is 51.6 Å². The zero-order chi connectivity index (χ0) is 31.8. The van der Waals surface area contributed by atoms with Crippen LogP contribution in [0.15, 0.2) is 55.0 Å². The number of hydrogen-bond acceptors (Lipinski definition) is 9. The molecular weight excluding hydrogens is 556 g/mol. The van der Waals surface area contributed by atoms with Crippen LogP contribution in [0.5, 0.6) is 5.75 Å². The molecule has 0 bridgehead atoms. The summed E-state index contributed by atoms with van der Waals surface area (Å²) in [7, 11) is 7.29. The smallest absolute Gasteiger partial charge is 0.294 e. The number of benzene rings is 2. The third kappa shape index (κ3) is 7.23. The maximum absolute atomic E-state index is 12.2. The number of allylic oxidation sites excluding steroid dienone is 1. The number of nitro groups is 1. The average Bonchev–Trinajstić information content (AvgIpc) is 3.55. The Morgan fingerprint density at radius 1 is 1.18 bits per heavy atom. The second kappa shape index (κ2) is 14.6. The molecule has 44 heavy (non-hydrogen) atoms. The number of aromatic nitrogens is 4. The van der Waals surface area contributed by atoms with Gasteiger partial charge in [0, 0.05) is 56.4 Å². The van der Waals surface area contributed by atoms with Crippen LogP contribution in [-0.4, -0.2) is 71.1 Å². The summed E-state index contributed by atoms with van der Waals surface area (Å²) in [5.74, 6) is 1.35. The van der Waals surface area contributed by atoms with Crippen molar-refractivity contribution in [3.63, 3.8) is 0 Å². The van der Waals surface area contributed by atoms with Gasteiger partial charge in [-0.15, -0.1) is 0 Å². The lowest BCUT2D eigenvalue weighted by Crippen LogP contribution is -2.29. The molecule has 0 saturated heterocycles. The molecule has 0 amide bonds. The number of nitro benzene ring substituents is 1. The Morgan fingerprint density at radius 3 is 2.61 bits per heavy atom. The molecule has 11 heteroatoms. The number of anilines is 3. The maximum Gasteiger partial charge on any atom is 0.294 e. The van der Waals surface area contributed by atoms with E-state index >= 15 is 0 Å². The molecule has 2 aromatic carbocycles. The van der Waals surface area contributed by atoms with E-state index in [1.54, 1.807) is 24.7 Å². The van der Waals surface area contributed by atoms with Crippen LogP contribution in [0.25, 0.3) is 17.0 Å². The molecular formula is C33H42N8O3. The van der Waals surface area contributed by atoms with Crippen LogP contribution in [0.3, 0.4) is 0 Å². The van der Waals surface area contributed by atoms with E-state index in [2.05, 4.69) is 52.3 Å². The Morgan fingerprint density at radius 2 is 1.98 bits per heavy atom. The SMILES string of the molecule is C/C=C(\c1cccc(CCCC)c1C)c1nc(Nc2cc([N+](=O)[O-])c(N(C)CCN(C)C)cc2OC)ncc1-c1ncc[nH]1. The second-order valence-electron chi connectivity index (χ2n) is 10.9.